The highest BCUT2D eigenvalue weighted by Crippen LogP contribution is 2.18. The Hall–Kier alpha value is -1.15. The molecule has 17 heavy (non-hydrogen) atoms. The lowest BCUT2D eigenvalue weighted by atomic mass is 9.93. The summed E-state index contributed by atoms with van der Waals surface area (Å²) in [5.41, 5.74) is 2.92. The first kappa shape index (κ1) is 13.9. The largest absolute Gasteiger partial charge is 0.370 e. The quantitative estimate of drug-likeness (QED) is 0.728. The van der Waals surface area contributed by atoms with Gasteiger partial charge in [0.1, 0.15) is 6.10 Å². The summed E-state index contributed by atoms with van der Waals surface area (Å²) in [6.07, 6.45) is -0.333. The number of carbonyl (C=O) groups excluding carboxylic acids is 1. The lowest BCUT2D eigenvalue weighted by Crippen LogP contribution is -2.30. The van der Waals surface area contributed by atoms with Gasteiger partial charge >= 0.3 is 0 Å². The van der Waals surface area contributed by atoms with Gasteiger partial charge in [-0.05, 0) is 38.3 Å². The Kier molecular flexibility index (Phi) is 4.88. The van der Waals surface area contributed by atoms with Crippen LogP contribution >= 0.6 is 0 Å². The van der Waals surface area contributed by atoms with Crippen LogP contribution in [-0.4, -0.2) is 18.5 Å². The Balaban J connectivity index is 3.04. The van der Waals surface area contributed by atoms with Crippen LogP contribution in [0.4, 0.5) is 0 Å². The number of carbonyl (C=O) groups is 1. The molecule has 0 aromatic heterocycles. The third kappa shape index (κ3) is 3.40. The van der Waals surface area contributed by atoms with E-state index in [0.29, 0.717) is 6.61 Å². The minimum Gasteiger partial charge on any atom is -0.370 e. The summed E-state index contributed by atoms with van der Waals surface area (Å²) in [4.78, 5) is 12.4. The van der Waals surface area contributed by atoms with Gasteiger partial charge < -0.3 is 4.74 Å². The first-order chi connectivity index (χ1) is 7.97. The number of rotatable bonds is 5. The van der Waals surface area contributed by atoms with Gasteiger partial charge in [-0.25, -0.2) is 0 Å². The zero-order chi connectivity index (χ0) is 13.0. The van der Waals surface area contributed by atoms with E-state index in [1.165, 1.54) is 0 Å². The number of hydrogen-bond acceptors (Lipinski definition) is 2. The van der Waals surface area contributed by atoms with Crippen LogP contribution in [0.15, 0.2) is 18.2 Å². The second kappa shape index (κ2) is 5.97. The Morgan fingerprint density at radius 3 is 2.47 bits per heavy atom. The van der Waals surface area contributed by atoms with Crippen molar-refractivity contribution in [3.05, 3.63) is 34.9 Å². The Morgan fingerprint density at radius 2 is 1.94 bits per heavy atom. The molecule has 2 nitrogen and oxygen atoms in total. The maximum absolute atomic E-state index is 12.4. The third-order valence-corrected chi connectivity index (χ3v) is 2.87. The predicted molar refractivity (Wildman–Crippen MR) is 70.5 cm³/mol. The fraction of sp³-hybridized carbons (Fsp3) is 0.533. The molecular weight excluding hydrogens is 212 g/mol. The van der Waals surface area contributed by atoms with Crippen molar-refractivity contribution in [1.82, 2.24) is 0 Å². The van der Waals surface area contributed by atoms with Crippen molar-refractivity contribution >= 4 is 5.78 Å². The van der Waals surface area contributed by atoms with Crippen LogP contribution in [0.1, 0.15) is 42.3 Å². The molecule has 2 heteroatoms. The summed E-state index contributed by atoms with van der Waals surface area (Å²) < 4.78 is 5.56. The van der Waals surface area contributed by atoms with Gasteiger partial charge in [0.2, 0.25) is 0 Å². The van der Waals surface area contributed by atoms with Gasteiger partial charge in [0, 0.05) is 12.2 Å². The second-order valence-electron chi connectivity index (χ2n) is 4.80. The average molecular weight is 234 g/mol. The van der Waals surface area contributed by atoms with Gasteiger partial charge in [0.25, 0.3) is 0 Å². The third-order valence-electron chi connectivity index (χ3n) is 2.87. The SMILES string of the molecule is CCOC(C(=O)c1cc(C)ccc1C)C(C)C. The molecule has 0 radical (unpaired) electrons. The van der Waals surface area contributed by atoms with E-state index in [9.17, 15) is 4.79 Å². The first-order valence-electron chi connectivity index (χ1n) is 6.20. The number of benzene rings is 1. The normalized spacial score (nSPS) is 12.8. The second-order valence-corrected chi connectivity index (χ2v) is 4.80. The molecule has 94 valence electrons. The molecule has 0 amide bonds. The first-order valence-corrected chi connectivity index (χ1v) is 6.20. The fourth-order valence-corrected chi connectivity index (χ4v) is 1.91. The maximum Gasteiger partial charge on any atom is 0.192 e. The zero-order valence-corrected chi connectivity index (χ0v) is 11.4. The Morgan fingerprint density at radius 1 is 1.29 bits per heavy atom. The number of Topliss-reactive ketones (excluding diaryl/α,β-unsaturated/α-hetero) is 1. The molecule has 0 heterocycles. The molecule has 0 saturated heterocycles. The lowest BCUT2D eigenvalue weighted by molar-refractivity contribution is 0.0279. The average Bonchev–Trinajstić information content (AvgIpc) is 2.28. The van der Waals surface area contributed by atoms with Gasteiger partial charge in [-0.1, -0.05) is 31.5 Å². The molecule has 1 unspecified atom stereocenters. The van der Waals surface area contributed by atoms with Gasteiger partial charge in [-0.3, -0.25) is 4.79 Å². The monoisotopic (exact) mass is 234 g/mol. The Bertz CT molecular complexity index is 394. The highest BCUT2D eigenvalue weighted by molar-refractivity contribution is 6.01. The standard InChI is InChI=1S/C15H22O2/c1-6-17-15(10(2)3)14(16)13-9-11(4)7-8-12(13)5/h7-10,15H,6H2,1-5H3. The van der Waals surface area contributed by atoms with E-state index in [2.05, 4.69) is 0 Å². The van der Waals surface area contributed by atoms with Crippen LogP contribution in [0.3, 0.4) is 0 Å². The van der Waals surface area contributed by atoms with Gasteiger partial charge in [-0.2, -0.15) is 0 Å². The molecule has 0 aliphatic carbocycles. The molecule has 1 atom stereocenters. The zero-order valence-electron chi connectivity index (χ0n) is 11.4. The van der Waals surface area contributed by atoms with Crippen LogP contribution < -0.4 is 0 Å². The molecule has 0 aliphatic rings. The molecule has 0 saturated carbocycles. The highest BCUT2D eigenvalue weighted by atomic mass is 16.5. The molecule has 0 fully saturated rings. The minimum absolute atomic E-state index is 0.100. The molecule has 1 rings (SSSR count). The smallest absolute Gasteiger partial charge is 0.192 e. The molecule has 0 aliphatic heterocycles. The number of ketones is 1. The van der Waals surface area contributed by atoms with Crippen LogP contribution in [0.2, 0.25) is 0 Å². The van der Waals surface area contributed by atoms with Crippen molar-refractivity contribution in [2.24, 2.45) is 5.92 Å². The molecule has 0 spiro atoms. The lowest BCUT2D eigenvalue weighted by Gasteiger charge is -2.20. The van der Waals surface area contributed by atoms with Crippen molar-refractivity contribution in [2.45, 2.75) is 40.7 Å². The topological polar surface area (TPSA) is 26.3 Å². The molecule has 1 aromatic rings. The summed E-state index contributed by atoms with van der Waals surface area (Å²) in [5.74, 6) is 0.297. The van der Waals surface area contributed by atoms with E-state index < -0.39 is 0 Å². The number of aryl methyl sites for hydroxylation is 2. The van der Waals surface area contributed by atoms with Crippen molar-refractivity contribution in [1.29, 1.82) is 0 Å². The van der Waals surface area contributed by atoms with Crippen molar-refractivity contribution in [2.75, 3.05) is 6.61 Å². The summed E-state index contributed by atoms with van der Waals surface area (Å²) in [6.45, 7) is 10.5. The van der Waals surface area contributed by atoms with E-state index in [-0.39, 0.29) is 17.8 Å². The van der Waals surface area contributed by atoms with Gasteiger partial charge in [0.15, 0.2) is 5.78 Å². The van der Waals surface area contributed by atoms with Crippen LogP contribution in [0, 0.1) is 19.8 Å². The number of hydrogen-bond donors (Lipinski definition) is 0. The maximum atomic E-state index is 12.4. The summed E-state index contributed by atoms with van der Waals surface area (Å²) in [6, 6.07) is 5.97. The van der Waals surface area contributed by atoms with Crippen molar-refractivity contribution in [3.63, 3.8) is 0 Å². The van der Waals surface area contributed by atoms with Crippen LogP contribution in [0.5, 0.6) is 0 Å². The fourth-order valence-electron chi connectivity index (χ4n) is 1.91. The van der Waals surface area contributed by atoms with Crippen molar-refractivity contribution in [3.8, 4) is 0 Å². The van der Waals surface area contributed by atoms with E-state index in [4.69, 9.17) is 4.74 Å². The van der Waals surface area contributed by atoms with E-state index in [1.807, 2.05) is 52.8 Å². The minimum atomic E-state index is -0.333. The summed E-state index contributed by atoms with van der Waals surface area (Å²) in [7, 11) is 0. The highest BCUT2D eigenvalue weighted by Gasteiger charge is 2.24. The predicted octanol–water partition coefficient (Wildman–Crippen LogP) is 3.55. The molecule has 0 bridgehead atoms. The number of ether oxygens (including phenoxy) is 1. The van der Waals surface area contributed by atoms with Gasteiger partial charge in [0.05, 0.1) is 0 Å². The van der Waals surface area contributed by atoms with Crippen molar-refractivity contribution < 1.29 is 9.53 Å². The van der Waals surface area contributed by atoms with E-state index in [1.54, 1.807) is 0 Å². The van der Waals surface area contributed by atoms with E-state index >= 15 is 0 Å². The summed E-state index contributed by atoms with van der Waals surface area (Å²) >= 11 is 0. The molecular formula is C15H22O2. The summed E-state index contributed by atoms with van der Waals surface area (Å²) in [5, 5.41) is 0. The Labute approximate surface area is 104 Å². The van der Waals surface area contributed by atoms with Crippen LogP contribution in [0.25, 0.3) is 0 Å². The van der Waals surface area contributed by atoms with E-state index in [0.717, 1.165) is 16.7 Å². The molecule has 1 aromatic carbocycles. The molecule has 0 N–H and O–H groups in total. The van der Waals surface area contributed by atoms with Gasteiger partial charge in [-0.15, -0.1) is 0 Å². The van der Waals surface area contributed by atoms with Crippen LogP contribution in [-0.2, 0) is 4.74 Å².